The van der Waals surface area contributed by atoms with E-state index in [2.05, 4.69) is 21.0 Å². The highest BCUT2D eigenvalue weighted by molar-refractivity contribution is 4.57. The van der Waals surface area contributed by atoms with E-state index in [9.17, 15) is 0 Å². The molecule has 0 aliphatic carbocycles. The molecule has 0 aliphatic rings. The van der Waals surface area contributed by atoms with Crippen LogP contribution in [0.15, 0.2) is 0 Å². The molecule has 0 spiro atoms. The van der Waals surface area contributed by atoms with Crippen LogP contribution < -0.4 is 0 Å². The molecule has 0 saturated carbocycles. The fourth-order valence-corrected chi connectivity index (χ4v) is 5.70. The molecule has 4 nitrogen and oxygen atoms in total. The molecular weight excluding hydrogens is 470 g/mol. The highest BCUT2D eigenvalue weighted by atomic mass is 16.9. The third-order valence-corrected chi connectivity index (χ3v) is 8.55. The van der Waals surface area contributed by atoms with Gasteiger partial charge in [-0.15, -0.1) is 0 Å². The maximum Gasteiger partial charge on any atom is 0.282 e. The van der Waals surface area contributed by atoms with Gasteiger partial charge in [-0.3, -0.25) is 0 Å². The minimum atomic E-state index is -0.848. The van der Waals surface area contributed by atoms with Crippen molar-refractivity contribution in [1.29, 1.82) is 0 Å². The van der Waals surface area contributed by atoms with Gasteiger partial charge in [-0.1, -0.05) is 129 Å². The first-order valence-corrected chi connectivity index (χ1v) is 16.9. The van der Waals surface area contributed by atoms with Gasteiger partial charge in [0, 0.05) is 27.8 Å². The lowest BCUT2D eigenvalue weighted by atomic mass is 10.0. The molecule has 0 atom stereocenters. The van der Waals surface area contributed by atoms with Crippen molar-refractivity contribution in [2.24, 2.45) is 0 Å². The first-order chi connectivity index (χ1) is 18.4. The van der Waals surface area contributed by atoms with Gasteiger partial charge in [0.15, 0.2) is 0 Å². The summed E-state index contributed by atoms with van der Waals surface area (Å²) in [5, 5.41) is 0. The predicted octanol–water partition coefficient (Wildman–Crippen LogP) is 10.4. The van der Waals surface area contributed by atoms with Crippen LogP contribution in [-0.4, -0.2) is 59.0 Å². The van der Waals surface area contributed by atoms with E-state index in [0.717, 1.165) is 12.8 Å². The van der Waals surface area contributed by atoms with Crippen LogP contribution in [-0.2, 0) is 14.2 Å². The summed E-state index contributed by atoms with van der Waals surface area (Å²) < 4.78 is 17.3. The van der Waals surface area contributed by atoms with Crippen LogP contribution in [0.1, 0.15) is 167 Å². The molecule has 0 N–H and O–H groups in total. The summed E-state index contributed by atoms with van der Waals surface area (Å²) in [5.74, 6) is -0.848. The van der Waals surface area contributed by atoms with E-state index in [-0.39, 0.29) is 0 Å². The van der Waals surface area contributed by atoms with Gasteiger partial charge in [0.25, 0.3) is 5.97 Å². The summed E-state index contributed by atoms with van der Waals surface area (Å²) >= 11 is 0. The first-order valence-electron chi connectivity index (χ1n) is 16.9. The van der Waals surface area contributed by atoms with Crippen LogP contribution in [0.5, 0.6) is 0 Å². The summed E-state index contributed by atoms with van der Waals surface area (Å²) in [5.41, 5.74) is 0. The van der Waals surface area contributed by atoms with E-state index in [1.807, 2.05) is 0 Å². The van der Waals surface area contributed by atoms with Crippen molar-refractivity contribution >= 4 is 0 Å². The smallest absolute Gasteiger partial charge is 0.282 e. The van der Waals surface area contributed by atoms with Gasteiger partial charge < -0.3 is 18.7 Å². The fourth-order valence-electron chi connectivity index (χ4n) is 5.70. The molecule has 0 unspecified atom stereocenters. The number of hydrogen-bond donors (Lipinski definition) is 0. The van der Waals surface area contributed by atoms with Gasteiger partial charge in [0.1, 0.15) is 0 Å². The Morgan fingerprint density at radius 1 is 0.395 bits per heavy atom. The highest BCUT2D eigenvalue weighted by Gasteiger charge is 2.28. The molecule has 0 saturated heterocycles. The second-order valence-corrected chi connectivity index (χ2v) is 12.6. The van der Waals surface area contributed by atoms with Gasteiger partial charge in [0.05, 0.1) is 27.2 Å². The van der Waals surface area contributed by atoms with Gasteiger partial charge in [-0.25, -0.2) is 0 Å². The van der Waals surface area contributed by atoms with Gasteiger partial charge in [-0.05, 0) is 32.1 Å². The maximum atomic E-state index is 5.36. The van der Waals surface area contributed by atoms with Crippen molar-refractivity contribution < 1.29 is 18.7 Å². The lowest BCUT2D eigenvalue weighted by Gasteiger charge is -2.30. The molecule has 4 heteroatoms. The van der Waals surface area contributed by atoms with Crippen LogP contribution in [0.4, 0.5) is 0 Å². The summed E-state index contributed by atoms with van der Waals surface area (Å²) in [7, 11) is 9.83. The maximum absolute atomic E-state index is 5.36. The van der Waals surface area contributed by atoms with Crippen LogP contribution in [0.25, 0.3) is 0 Å². The Bertz CT molecular complexity index is 456. The Balaban J connectivity index is 3.40. The quantitative estimate of drug-likeness (QED) is 0.0495. The van der Waals surface area contributed by atoms with Gasteiger partial charge >= 0.3 is 0 Å². The van der Waals surface area contributed by atoms with E-state index in [4.69, 9.17) is 14.2 Å². The highest BCUT2D eigenvalue weighted by Crippen LogP contribution is 2.21. The molecule has 0 aromatic rings. The fraction of sp³-hybridized carbons (Fsp3) is 1.00. The number of hydrogen-bond acceptors (Lipinski definition) is 3. The standard InChI is InChI=1S/C34H72NO3/c1-7-8-9-10-11-12-13-14-15-17-20-23-26-29-32-35(2,3)33-30-27-24-21-18-16-19-22-25-28-31-34(36-4,37-5)38-6/h7-33H2,1-6H3/q+1. The molecule has 0 aromatic carbocycles. The minimum absolute atomic E-state index is 0.796. The number of quaternary nitrogens is 1. The number of rotatable bonds is 31. The molecule has 0 amide bonds. The number of methoxy groups -OCH3 is 3. The monoisotopic (exact) mass is 543 g/mol. The number of unbranched alkanes of at least 4 members (excludes halogenated alkanes) is 22. The van der Waals surface area contributed by atoms with Crippen LogP contribution in [0, 0.1) is 0 Å². The van der Waals surface area contributed by atoms with Crippen molar-refractivity contribution in [3.8, 4) is 0 Å². The van der Waals surface area contributed by atoms with E-state index in [1.165, 1.54) is 165 Å². The molecule has 0 heterocycles. The topological polar surface area (TPSA) is 27.7 Å². The zero-order chi connectivity index (χ0) is 28.2. The van der Waals surface area contributed by atoms with E-state index < -0.39 is 5.97 Å². The lowest BCUT2D eigenvalue weighted by Crippen LogP contribution is -2.41. The van der Waals surface area contributed by atoms with Crippen LogP contribution >= 0.6 is 0 Å². The molecule has 0 fully saturated rings. The van der Waals surface area contributed by atoms with Crippen molar-refractivity contribution in [1.82, 2.24) is 0 Å². The lowest BCUT2D eigenvalue weighted by molar-refractivity contribution is -0.890. The van der Waals surface area contributed by atoms with E-state index in [1.54, 1.807) is 21.3 Å². The second kappa shape index (κ2) is 27.0. The Morgan fingerprint density at radius 2 is 0.658 bits per heavy atom. The third kappa shape index (κ3) is 23.7. The molecule has 230 valence electrons. The van der Waals surface area contributed by atoms with E-state index >= 15 is 0 Å². The molecular formula is C34H72NO3+. The molecule has 38 heavy (non-hydrogen) atoms. The van der Waals surface area contributed by atoms with Crippen LogP contribution in [0.3, 0.4) is 0 Å². The van der Waals surface area contributed by atoms with Gasteiger partial charge in [0.2, 0.25) is 0 Å². The predicted molar refractivity (Wildman–Crippen MR) is 167 cm³/mol. The van der Waals surface area contributed by atoms with Crippen molar-refractivity contribution in [3.05, 3.63) is 0 Å². The van der Waals surface area contributed by atoms with Gasteiger partial charge in [-0.2, -0.15) is 0 Å². The number of nitrogens with zero attached hydrogens (tertiary/aromatic N) is 1. The van der Waals surface area contributed by atoms with Crippen molar-refractivity contribution in [2.45, 2.75) is 173 Å². The zero-order valence-corrected chi connectivity index (χ0v) is 27.3. The Morgan fingerprint density at radius 3 is 0.947 bits per heavy atom. The summed E-state index contributed by atoms with van der Waals surface area (Å²) in [6.07, 6.45) is 34.5. The normalized spacial score (nSPS) is 12.5. The Hall–Kier alpha value is -0.160. The molecule has 0 rings (SSSR count). The Kier molecular flexibility index (Phi) is 26.9. The van der Waals surface area contributed by atoms with Crippen LogP contribution in [0.2, 0.25) is 0 Å². The third-order valence-electron chi connectivity index (χ3n) is 8.55. The minimum Gasteiger partial charge on any atom is -0.331 e. The summed E-state index contributed by atoms with van der Waals surface area (Å²) in [6.45, 7) is 5.01. The first kappa shape index (κ1) is 37.8. The summed E-state index contributed by atoms with van der Waals surface area (Å²) in [6, 6.07) is 0. The average Bonchev–Trinajstić information content (AvgIpc) is 2.92. The van der Waals surface area contributed by atoms with Crippen molar-refractivity contribution in [3.63, 3.8) is 0 Å². The molecule has 0 aromatic heterocycles. The SMILES string of the molecule is CCCCCCCCCCCCCCCC[N+](C)(C)CCCCCCCCCCCCC(OC)(OC)OC. The zero-order valence-electron chi connectivity index (χ0n) is 27.3. The number of ether oxygens (including phenoxy) is 3. The molecule has 0 aliphatic heterocycles. The second-order valence-electron chi connectivity index (χ2n) is 12.6. The van der Waals surface area contributed by atoms with E-state index in [0.29, 0.717) is 0 Å². The molecule has 0 bridgehead atoms. The largest absolute Gasteiger partial charge is 0.331 e. The Labute approximate surface area is 240 Å². The summed E-state index contributed by atoms with van der Waals surface area (Å²) in [4.78, 5) is 0. The average molecular weight is 543 g/mol. The van der Waals surface area contributed by atoms with Crippen molar-refractivity contribution in [2.75, 3.05) is 48.5 Å². The molecule has 0 radical (unpaired) electrons.